The Kier molecular flexibility index (Phi) is 6.57. The van der Waals surface area contributed by atoms with E-state index in [9.17, 15) is 5.11 Å². The van der Waals surface area contributed by atoms with Gasteiger partial charge in [-0.05, 0) is 52.2 Å². The van der Waals surface area contributed by atoms with Crippen molar-refractivity contribution < 1.29 is 9.84 Å². The summed E-state index contributed by atoms with van der Waals surface area (Å²) in [6.45, 7) is 8.72. The first-order valence-corrected chi connectivity index (χ1v) is 8.01. The molecule has 0 aromatic heterocycles. The van der Waals surface area contributed by atoms with Gasteiger partial charge in [-0.25, -0.2) is 0 Å². The van der Waals surface area contributed by atoms with Crippen LogP contribution in [0.25, 0.3) is 0 Å². The zero-order chi connectivity index (χ0) is 13.5. The molecule has 2 aliphatic rings. The van der Waals surface area contributed by atoms with E-state index in [1.807, 2.05) is 6.92 Å². The molecular formula is C15H30N2O2. The minimum Gasteiger partial charge on any atom is -0.389 e. The standard InChI is InChI=1S/C15H30N2O2/c1-2-19-13-15(18)12-16-8-6-7-14(11-16)17-9-4-3-5-10-17/h14-15,18H,2-13H2,1H3/t14-,15-/m1/s1. The quantitative estimate of drug-likeness (QED) is 0.790. The minimum absolute atomic E-state index is 0.333. The average Bonchev–Trinajstić information content (AvgIpc) is 2.46. The number of ether oxygens (including phenoxy) is 1. The summed E-state index contributed by atoms with van der Waals surface area (Å²) < 4.78 is 5.29. The van der Waals surface area contributed by atoms with Crippen molar-refractivity contribution in [1.29, 1.82) is 0 Å². The lowest BCUT2D eigenvalue weighted by Gasteiger charge is -2.41. The van der Waals surface area contributed by atoms with Crippen molar-refractivity contribution in [3.63, 3.8) is 0 Å². The van der Waals surface area contributed by atoms with Crippen LogP contribution in [0.1, 0.15) is 39.0 Å². The number of piperidine rings is 2. The van der Waals surface area contributed by atoms with Crippen molar-refractivity contribution in [2.45, 2.75) is 51.2 Å². The van der Waals surface area contributed by atoms with Gasteiger partial charge in [0.05, 0.1) is 12.7 Å². The highest BCUT2D eigenvalue weighted by Gasteiger charge is 2.27. The lowest BCUT2D eigenvalue weighted by Crippen LogP contribution is -2.51. The van der Waals surface area contributed by atoms with E-state index in [-0.39, 0.29) is 6.10 Å². The van der Waals surface area contributed by atoms with Gasteiger partial charge in [-0.1, -0.05) is 6.42 Å². The summed E-state index contributed by atoms with van der Waals surface area (Å²) in [5, 5.41) is 9.95. The Hall–Kier alpha value is -0.160. The molecule has 0 unspecified atom stereocenters. The highest BCUT2D eigenvalue weighted by atomic mass is 16.5. The van der Waals surface area contributed by atoms with E-state index in [4.69, 9.17) is 4.74 Å². The van der Waals surface area contributed by atoms with Crippen LogP contribution in [0.5, 0.6) is 0 Å². The van der Waals surface area contributed by atoms with Crippen molar-refractivity contribution in [3.8, 4) is 0 Å². The van der Waals surface area contributed by atoms with Crippen molar-refractivity contribution in [2.75, 3.05) is 45.9 Å². The highest BCUT2D eigenvalue weighted by Crippen LogP contribution is 2.20. The first-order chi connectivity index (χ1) is 9.29. The molecule has 2 rings (SSSR count). The van der Waals surface area contributed by atoms with Crippen LogP contribution in [0.3, 0.4) is 0 Å². The second-order valence-electron chi connectivity index (χ2n) is 5.97. The van der Waals surface area contributed by atoms with Crippen LogP contribution >= 0.6 is 0 Å². The van der Waals surface area contributed by atoms with Gasteiger partial charge in [-0.2, -0.15) is 0 Å². The molecule has 112 valence electrons. The van der Waals surface area contributed by atoms with Crippen molar-refractivity contribution in [1.82, 2.24) is 9.80 Å². The second kappa shape index (κ2) is 8.20. The number of likely N-dealkylation sites (tertiary alicyclic amines) is 2. The van der Waals surface area contributed by atoms with Crippen LogP contribution in [0.4, 0.5) is 0 Å². The fraction of sp³-hybridized carbons (Fsp3) is 1.00. The molecule has 2 saturated heterocycles. The predicted molar refractivity (Wildman–Crippen MR) is 77.4 cm³/mol. The van der Waals surface area contributed by atoms with Gasteiger partial charge in [0.1, 0.15) is 0 Å². The summed E-state index contributed by atoms with van der Waals surface area (Å²) in [6.07, 6.45) is 6.40. The summed E-state index contributed by atoms with van der Waals surface area (Å²) in [6, 6.07) is 0.716. The number of aliphatic hydroxyl groups excluding tert-OH is 1. The molecule has 0 aromatic rings. The predicted octanol–water partition coefficient (Wildman–Crippen LogP) is 1.33. The van der Waals surface area contributed by atoms with Gasteiger partial charge in [0.2, 0.25) is 0 Å². The fourth-order valence-corrected chi connectivity index (χ4v) is 3.38. The van der Waals surface area contributed by atoms with E-state index in [2.05, 4.69) is 9.80 Å². The number of hydrogen-bond donors (Lipinski definition) is 1. The number of rotatable bonds is 6. The smallest absolute Gasteiger partial charge is 0.0900 e. The summed E-state index contributed by atoms with van der Waals surface area (Å²) in [5.41, 5.74) is 0. The lowest BCUT2D eigenvalue weighted by molar-refractivity contribution is 0.00506. The molecule has 19 heavy (non-hydrogen) atoms. The van der Waals surface area contributed by atoms with Crippen LogP contribution in [-0.2, 0) is 4.74 Å². The maximum atomic E-state index is 9.95. The normalized spacial score (nSPS) is 28.4. The van der Waals surface area contributed by atoms with Crippen LogP contribution in [-0.4, -0.2) is 73.0 Å². The van der Waals surface area contributed by atoms with E-state index < -0.39 is 0 Å². The topological polar surface area (TPSA) is 35.9 Å². The Bertz CT molecular complexity index is 244. The zero-order valence-corrected chi connectivity index (χ0v) is 12.4. The first kappa shape index (κ1) is 15.2. The molecular weight excluding hydrogens is 240 g/mol. The molecule has 0 aliphatic carbocycles. The molecule has 2 atom stereocenters. The molecule has 0 aromatic carbocycles. The molecule has 0 radical (unpaired) electrons. The first-order valence-electron chi connectivity index (χ1n) is 8.01. The summed E-state index contributed by atoms with van der Waals surface area (Å²) >= 11 is 0. The van der Waals surface area contributed by atoms with Crippen LogP contribution in [0.15, 0.2) is 0 Å². The van der Waals surface area contributed by atoms with Gasteiger partial charge >= 0.3 is 0 Å². The molecule has 0 spiro atoms. The fourth-order valence-electron chi connectivity index (χ4n) is 3.38. The zero-order valence-electron chi connectivity index (χ0n) is 12.4. The number of β-amino-alcohol motifs (C(OH)–C–C–N with tert-alkyl or cyclic N) is 1. The maximum Gasteiger partial charge on any atom is 0.0900 e. The molecule has 2 aliphatic heterocycles. The van der Waals surface area contributed by atoms with Crippen LogP contribution < -0.4 is 0 Å². The Labute approximate surface area is 117 Å². The number of nitrogens with zero attached hydrogens (tertiary/aromatic N) is 2. The number of hydrogen-bond acceptors (Lipinski definition) is 4. The Balaban J connectivity index is 1.73. The third kappa shape index (κ3) is 5.03. The highest BCUT2D eigenvalue weighted by molar-refractivity contribution is 4.83. The van der Waals surface area contributed by atoms with Gasteiger partial charge in [0.15, 0.2) is 0 Å². The number of aliphatic hydroxyl groups is 1. The molecule has 4 heteroatoms. The van der Waals surface area contributed by atoms with Crippen molar-refractivity contribution >= 4 is 0 Å². The molecule has 0 saturated carbocycles. The van der Waals surface area contributed by atoms with E-state index in [0.29, 0.717) is 19.3 Å². The van der Waals surface area contributed by atoms with Gasteiger partial charge < -0.3 is 9.84 Å². The summed E-state index contributed by atoms with van der Waals surface area (Å²) in [4.78, 5) is 5.09. The molecule has 0 bridgehead atoms. The molecule has 0 amide bonds. The minimum atomic E-state index is -0.333. The van der Waals surface area contributed by atoms with Gasteiger partial charge in [-0.3, -0.25) is 9.80 Å². The van der Waals surface area contributed by atoms with Gasteiger partial charge in [0.25, 0.3) is 0 Å². The van der Waals surface area contributed by atoms with Crippen LogP contribution in [0, 0.1) is 0 Å². The third-order valence-corrected chi connectivity index (χ3v) is 4.37. The summed E-state index contributed by atoms with van der Waals surface area (Å²) in [5.74, 6) is 0. The third-order valence-electron chi connectivity index (χ3n) is 4.37. The Morgan fingerprint density at radius 2 is 1.95 bits per heavy atom. The van der Waals surface area contributed by atoms with E-state index in [1.165, 1.54) is 45.2 Å². The second-order valence-corrected chi connectivity index (χ2v) is 5.97. The average molecular weight is 270 g/mol. The monoisotopic (exact) mass is 270 g/mol. The van der Waals surface area contributed by atoms with Crippen molar-refractivity contribution in [2.24, 2.45) is 0 Å². The lowest BCUT2D eigenvalue weighted by atomic mass is 10.0. The molecule has 2 heterocycles. The van der Waals surface area contributed by atoms with Crippen LogP contribution in [0.2, 0.25) is 0 Å². The van der Waals surface area contributed by atoms with E-state index in [1.54, 1.807) is 0 Å². The van der Waals surface area contributed by atoms with E-state index >= 15 is 0 Å². The van der Waals surface area contributed by atoms with Gasteiger partial charge in [-0.15, -0.1) is 0 Å². The molecule has 4 nitrogen and oxygen atoms in total. The Morgan fingerprint density at radius 3 is 2.68 bits per heavy atom. The SMILES string of the molecule is CCOC[C@H](O)CN1CCC[C@@H](N2CCCCC2)C1. The molecule has 1 N–H and O–H groups in total. The summed E-state index contributed by atoms with van der Waals surface area (Å²) in [7, 11) is 0. The maximum absolute atomic E-state index is 9.95. The van der Waals surface area contributed by atoms with Gasteiger partial charge in [0, 0.05) is 25.7 Å². The Morgan fingerprint density at radius 1 is 1.16 bits per heavy atom. The van der Waals surface area contributed by atoms with Crippen molar-refractivity contribution in [3.05, 3.63) is 0 Å². The van der Waals surface area contributed by atoms with E-state index in [0.717, 1.165) is 19.6 Å². The molecule has 2 fully saturated rings. The largest absolute Gasteiger partial charge is 0.389 e.